The second-order valence-corrected chi connectivity index (χ2v) is 4.58. The van der Waals surface area contributed by atoms with Gasteiger partial charge < -0.3 is 9.97 Å². The lowest BCUT2D eigenvalue weighted by Gasteiger charge is -1.90. The van der Waals surface area contributed by atoms with Crippen molar-refractivity contribution in [3.63, 3.8) is 0 Å². The van der Waals surface area contributed by atoms with E-state index in [-0.39, 0.29) is 12.4 Å². The highest BCUT2D eigenvalue weighted by atomic mass is 35.5. The molecule has 2 aromatic carbocycles. The zero-order valence-electron chi connectivity index (χ0n) is 10.6. The Kier molecular flexibility index (Phi) is 3.16. The first-order chi connectivity index (χ1) is 9.38. The zero-order chi connectivity index (χ0) is 12.7. The minimum atomic E-state index is 0. The summed E-state index contributed by atoms with van der Waals surface area (Å²) in [6, 6.07) is 16.1. The molecule has 0 radical (unpaired) electrons. The lowest BCUT2D eigenvalue weighted by molar-refractivity contribution is 0.960. The number of aromatic amines is 2. The fourth-order valence-corrected chi connectivity index (χ4v) is 2.34. The molecule has 0 saturated heterocycles. The number of halogens is 1. The molecule has 4 aromatic rings. The van der Waals surface area contributed by atoms with E-state index in [4.69, 9.17) is 0 Å². The predicted octanol–water partition coefficient (Wildman–Crippen LogP) is 3.45. The van der Waals surface area contributed by atoms with E-state index in [2.05, 4.69) is 19.9 Å². The number of nitrogens with one attached hydrogen (secondary N) is 2. The van der Waals surface area contributed by atoms with Crippen LogP contribution in [0.1, 0.15) is 11.6 Å². The van der Waals surface area contributed by atoms with E-state index in [0.29, 0.717) is 6.42 Å². The highest BCUT2D eigenvalue weighted by Gasteiger charge is 2.06. The molecular formula is C15H13ClN4. The van der Waals surface area contributed by atoms with Crippen molar-refractivity contribution < 1.29 is 0 Å². The van der Waals surface area contributed by atoms with Crippen molar-refractivity contribution in [1.82, 2.24) is 19.9 Å². The largest absolute Gasteiger partial charge is 0.342 e. The Balaban J connectivity index is 0.00000121. The van der Waals surface area contributed by atoms with Gasteiger partial charge in [-0.15, -0.1) is 12.4 Å². The maximum atomic E-state index is 4.56. The first-order valence-electron chi connectivity index (χ1n) is 6.26. The van der Waals surface area contributed by atoms with Crippen molar-refractivity contribution in [2.45, 2.75) is 6.42 Å². The van der Waals surface area contributed by atoms with Gasteiger partial charge in [0.15, 0.2) is 0 Å². The predicted molar refractivity (Wildman–Crippen MR) is 82.2 cm³/mol. The normalized spacial score (nSPS) is 10.8. The van der Waals surface area contributed by atoms with Crippen LogP contribution in [-0.2, 0) is 6.42 Å². The number of fused-ring (bicyclic) bond motifs is 2. The summed E-state index contributed by atoms with van der Waals surface area (Å²) < 4.78 is 0. The Morgan fingerprint density at radius 3 is 1.60 bits per heavy atom. The lowest BCUT2D eigenvalue weighted by Crippen LogP contribution is -1.92. The van der Waals surface area contributed by atoms with Gasteiger partial charge in [0.05, 0.1) is 28.5 Å². The quantitative estimate of drug-likeness (QED) is 0.592. The topological polar surface area (TPSA) is 57.4 Å². The first kappa shape index (κ1) is 12.7. The molecule has 2 heterocycles. The fraction of sp³-hybridized carbons (Fsp3) is 0.0667. The third-order valence-electron chi connectivity index (χ3n) is 3.21. The molecule has 2 aromatic heterocycles. The first-order valence-corrected chi connectivity index (χ1v) is 6.26. The molecule has 0 aliphatic heterocycles. The Morgan fingerprint density at radius 2 is 1.15 bits per heavy atom. The van der Waals surface area contributed by atoms with Crippen LogP contribution in [0.3, 0.4) is 0 Å². The number of aromatic nitrogens is 4. The van der Waals surface area contributed by atoms with Gasteiger partial charge in [0, 0.05) is 0 Å². The molecule has 0 fully saturated rings. The molecule has 100 valence electrons. The summed E-state index contributed by atoms with van der Waals surface area (Å²) >= 11 is 0. The Labute approximate surface area is 121 Å². The molecule has 0 saturated carbocycles. The second kappa shape index (κ2) is 4.98. The van der Waals surface area contributed by atoms with Crippen molar-refractivity contribution in [1.29, 1.82) is 0 Å². The minimum Gasteiger partial charge on any atom is -0.342 e. The summed E-state index contributed by atoms with van der Waals surface area (Å²) in [5.41, 5.74) is 4.12. The lowest BCUT2D eigenvalue weighted by atomic mass is 10.3. The SMILES string of the molecule is Cl.c1ccc2[nH]c(Cc3nc4ccccc4[nH]3)nc2c1. The van der Waals surface area contributed by atoms with Crippen molar-refractivity contribution in [2.75, 3.05) is 0 Å². The van der Waals surface area contributed by atoms with Gasteiger partial charge in [0.2, 0.25) is 0 Å². The summed E-state index contributed by atoms with van der Waals surface area (Å²) in [6.07, 6.45) is 0.684. The number of hydrogen-bond donors (Lipinski definition) is 2. The maximum Gasteiger partial charge on any atom is 0.114 e. The van der Waals surface area contributed by atoms with Gasteiger partial charge in [-0.05, 0) is 24.3 Å². The smallest absolute Gasteiger partial charge is 0.114 e. The van der Waals surface area contributed by atoms with E-state index in [1.807, 2.05) is 48.5 Å². The molecule has 0 bridgehead atoms. The van der Waals surface area contributed by atoms with Gasteiger partial charge >= 0.3 is 0 Å². The van der Waals surface area contributed by atoms with Crippen LogP contribution in [0.2, 0.25) is 0 Å². The van der Waals surface area contributed by atoms with Gasteiger partial charge in [0.25, 0.3) is 0 Å². The van der Waals surface area contributed by atoms with Crippen LogP contribution in [0.15, 0.2) is 48.5 Å². The van der Waals surface area contributed by atoms with Gasteiger partial charge in [-0.2, -0.15) is 0 Å². The van der Waals surface area contributed by atoms with Crippen LogP contribution in [0.25, 0.3) is 22.1 Å². The molecule has 4 rings (SSSR count). The second-order valence-electron chi connectivity index (χ2n) is 4.58. The molecule has 0 aliphatic rings. The third kappa shape index (κ3) is 2.14. The van der Waals surface area contributed by atoms with Crippen LogP contribution in [-0.4, -0.2) is 19.9 Å². The van der Waals surface area contributed by atoms with Crippen molar-refractivity contribution >= 4 is 34.5 Å². The van der Waals surface area contributed by atoms with E-state index in [9.17, 15) is 0 Å². The summed E-state index contributed by atoms with van der Waals surface area (Å²) in [6.45, 7) is 0. The van der Waals surface area contributed by atoms with Crippen LogP contribution in [0.4, 0.5) is 0 Å². The van der Waals surface area contributed by atoms with E-state index in [1.165, 1.54) is 0 Å². The average molecular weight is 285 g/mol. The Morgan fingerprint density at radius 1 is 0.700 bits per heavy atom. The third-order valence-corrected chi connectivity index (χ3v) is 3.21. The summed E-state index contributed by atoms with van der Waals surface area (Å²) in [7, 11) is 0. The van der Waals surface area contributed by atoms with Gasteiger partial charge in [-0.25, -0.2) is 9.97 Å². The summed E-state index contributed by atoms with van der Waals surface area (Å²) in [4.78, 5) is 15.8. The average Bonchev–Trinajstić information content (AvgIpc) is 3.00. The number of nitrogens with zero attached hydrogens (tertiary/aromatic N) is 2. The molecule has 20 heavy (non-hydrogen) atoms. The fourth-order valence-electron chi connectivity index (χ4n) is 2.34. The van der Waals surface area contributed by atoms with E-state index < -0.39 is 0 Å². The van der Waals surface area contributed by atoms with E-state index in [0.717, 1.165) is 33.7 Å². The number of H-pyrrole nitrogens is 2. The molecule has 4 nitrogen and oxygen atoms in total. The number of imidazole rings is 2. The zero-order valence-corrected chi connectivity index (χ0v) is 11.4. The van der Waals surface area contributed by atoms with Crippen LogP contribution < -0.4 is 0 Å². The molecule has 0 unspecified atom stereocenters. The molecule has 2 N–H and O–H groups in total. The van der Waals surface area contributed by atoms with Crippen molar-refractivity contribution in [2.24, 2.45) is 0 Å². The van der Waals surface area contributed by atoms with Crippen LogP contribution in [0.5, 0.6) is 0 Å². The van der Waals surface area contributed by atoms with Crippen LogP contribution in [0, 0.1) is 0 Å². The standard InChI is InChI=1S/C15H12N4.ClH/c1-2-6-11-10(5-1)16-14(17-11)9-15-18-12-7-3-4-8-13(12)19-15;/h1-8H,9H2,(H,16,17)(H,18,19);1H. The number of rotatable bonds is 2. The highest BCUT2D eigenvalue weighted by Crippen LogP contribution is 2.15. The maximum absolute atomic E-state index is 4.56. The van der Waals surface area contributed by atoms with Crippen molar-refractivity contribution in [3.8, 4) is 0 Å². The number of hydrogen-bond acceptors (Lipinski definition) is 2. The minimum absolute atomic E-state index is 0. The summed E-state index contributed by atoms with van der Waals surface area (Å²) in [5, 5.41) is 0. The number of para-hydroxylation sites is 4. The van der Waals surface area contributed by atoms with Gasteiger partial charge in [0.1, 0.15) is 11.6 Å². The van der Waals surface area contributed by atoms with Crippen molar-refractivity contribution in [3.05, 3.63) is 60.2 Å². The summed E-state index contributed by atoms with van der Waals surface area (Å²) in [5.74, 6) is 1.86. The Bertz CT molecular complexity index is 724. The molecule has 0 amide bonds. The van der Waals surface area contributed by atoms with Gasteiger partial charge in [-0.3, -0.25) is 0 Å². The molecule has 0 spiro atoms. The molecular weight excluding hydrogens is 272 g/mol. The van der Waals surface area contributed by atoms with Gasteiger partial charge in [-0.1, -0.05) is 24.3 Å². The monoisotopic (exact) mass is 284 g/mol. The highest BCUT2D eigenvalue weighted by molar-refractivity contribution is 5.85. The van der Waals surface area contributed by atoms with E-state index in [1.54, 1.807) is 0 Å². The Hall–Kier alpha value is -2.33. The molecule has 0 atom stereocenters. The molecule has 0 aliphatic carbocycles. The number of benzene rings is 2. The van der Waals surface area contributed by atoms with Crippen LogP contribution >= 0.6 is 12.4 Å². The van der Waals surface area contributed by atoms with E-state index >= 15 is 0 Å². The molecule has 5 heteroatoms.